The van der Waals surface area contributed by atoms with E-state index in [2.05, 4.69) is 15.0 Å². The maximum Gasteiger partial charge on any atom is 0.356 e. The number of pyridine rings is 1. The molecule has 20 heavy (non-hydrogen) atoms. The van der Waals surface area contributed by atoms with Crippen LogP contribution in [0.1, 0.15) is 17.4 Å². The number of nitrogens with one attached hydrogen (secondary N) is 1. The van der Waals surface area contributed by atoms with Gasteiger partial charge < -0.3 is 20.3 Å². The predicted octanol–water partition coefficient (Wildman–Crippen LogP) is -0.0684. The van der Waals surface area contributed by atoms with E-state index >= 15 is 0 Å². The van der Waals surface area contributed by atoms with Crippen molar-refractivity contribution in [2.45, 2.75) is 12.5 Å². The van der Waals surface area contributed by atoms with Gasteiger partial charge in [0.1, 0.15) is 0 Å². The number of nitro groups is 1. The highest BCUT2D eigenvalue weighted by Gasteiger charge is 2.28. The molecule has 0 fully saturated rings. The molecule has 0 unspecified atom stereocenters. The normalized spacial score (nSPS) is 11.0. The molecule has 0 bridgehead atoms. The number of anilines is 1. The summed E-state index contributed by atoms with van der Waals surface area (Å²) in [6, 6.07) is 2.25. The molecule has 0 saturated heterocycles. The van der Waals surface area contributed by atoms with Crippen molar-refractivity contribution in [3.8, 4) is 0 Å². The Bertz CT molecular complexity index is 515. The summed E-state index contributed by atoms with van der Waals surface area (Å²) in [5.41, 5.74) is -1.73. The first-order valence-electron chi connectivity index (χ1n) is 5.60. The Hall–Kier alpha value is -2.26. The second-order valence-corrected chi connectivity index (χ2v) is 4.31. The second-order valence-electron chi connectivity index (χ2n) is 4.31. The van der Waals surface area contributed by atoms with Crippen LogP contribution in [0.5, 0.6) is 0 Å². The lowest BCUT2D eigenvalue weighted by molar-refractivity contribution is -0.384. The van der Waals surface area contributed by atoms with Gasteiger partial charge in [0.2, 0.25) is 5.82 Å². The molecule has 0 radical (unpaired) electrons. The smallest absolute Gasteiger partial charge is 0.356 e. The van der Waals surface area contributed by atoms with Crippen molar-refractivity contribution >= 4 is 17.5 Å². The molecule has 0 aromatic carbocycles. The number of nitrogens with zero attached hydrogens (tertiary/aromatic N) is 2. The van der Waals surface area contributed by atoms with Gasteiger partial charge in [-0.05, 0) is 13.0 Å². The number of rotatable bonds is 6. The number of aliphatic hydroxyl groups excluding tert-OH is 2. The Morgan fingerprint density at radius 2 is 2.10 bits per heavy atom. The third kappa shape index (κ3) is 3.39. The molecule has 0 aliphatic heterocycles. The first-order valence-corrected chi connectivity index (χ1v) is 5.60. The van der Waals surface area contributed by atoms with E-state index in [0.29, 0.717) is 0 Å². The van der Waals surface area contributed by atoms with E-state index in [9.17, 15) is 25.1 Å². The minimum Gasteiger partial charge on any atom is -0.464 e. The molecule has 110 valence electrons. The summed E-state index contributed by atoms with van der Waals surface area (Å²) in [5, 5.41) is 31.9. The molecule has 9 heteroatoms. The molecule has 3 N–H and O–H groups in total. The predicted molar refractivity (Wildman–Crippen MR) is 68.4 cm³/mol. The van der Waals surface area contributed by atoms with E-state index in [1.54, 1.807) is 0 Å². The zero-order chi connectivity index (χ0) is 15.3. The number of esters is 1. The van der Waals surface area contributed by atoms with Gasteiger partial charge in [0, 0.05) is 6.07 Å². The van der Waals surface area contributed by atoms with Gasteiger partial charge in [-0.2, -0.15) is 0 Å². The van der Waals surface area contributed by atoms with Gasteiger partial charge in [0.25, 0.3) is 0 Å². The van der Waals surface area contributed by atoms with Gasteiger partial charge in [0.15, 0.2) is 5.69 Å². The van der Waals surface area contributed by atoms with Crippen LogP contribution in [-0.2, 0) is 4.74 Å². The molecule has 0 spiro atoms. The van der Waals surface area contributed by atoms with Crippen LogP contribution >= 0.6 is 0 Å². The fourth-order valence-corrected chi connectivity index (χ4v) is 1.32. The van der Waals surface area contributed by atoms with E-state index in [0.717, 1.165) is 19.2 Å². The van der Waals surface area contributed by atoms with Crippen molar-refractivity contribution in [1.82, 2.24) is 4.98 Å². The van der Waals surface area contributed by atoms with Crippen molar-refractivity contribution in [2.75, 3.05) is 25.6 Å². The number of hydrogen-bond acceptors (Lipinski definition) is 8. The molecule has 0 atom stereocenters. The van der Waals surface area contributed by atoms with E-state index in [-0.39, 0.29) is 17.2 Å². The van der Waals surface area contributed by atoms with Crippen molar-refractivity contribution in [1.29, 1.82) is 0 Å². The molecular formula is C11H15N3O6. The summed E-state index contributed by atoms with van der Waals surface area (Å²) >= 11 is 0. The molecule has 1 heterocycles. The minimum atomic E-state index is -1.22. The van der Waals surface area contributed by atoms with Crippen molar-refractivity contribution in [2.24, 2.45) is 0 Å². The molecule has 0 aliphatic carbocycles. The summed E-state index contributed by atoms with van der Waals surface area (Å²) in [6.45, 7) is 0.485. The quantitative estimate of drug-likeness (QED) is 0.375. The van der Waals surface area contributed by atoms with Crippen molar-refractivity contribution in [3.63, 3.8) is 0 Å². The maximum atomic E-state index is 11.4. The molecule has 0 aliphatic rings. The Kier molecular flexibility index (Phi) is 4.94. The summed E-state index contributed by atoms with van der Waals surface area (Å²) in [5.74, 6) is -0.985. The lowest BCUT2D eigenvalue weighted by Gasteiger charge is -2.26. The molecule has 0 amide bonds. The number of methoxy groups -OCH3 is 1. The van der Waals surface area contributed by atoms with Crippen LogP contribution in [0.4, 0.5) is 11.5 Å². The lowest BCUT2D eigenvalue weighted by atomic mass is 10.1. The summed E-state index contributed by atoms with van der Waals surface area (Å²) in [7, 11) is 1.16. The Balaban J connectivity index is 3.25. The highest BCUT2D eigenvalue weighted by atomic mass is 16.6. The summed E-state index contributed by atoms with van der Waals surface area (Å²) in [4.78, 5) is 25.4. The van der Waals surface area contributed by atoms with E-state index in [1.165, 1.54) is 6.92 Å². The number of carbonyl (C=O) groups is 1. The molecule has 1 aromatic heterocycles. The average Bonchev–Trinajstić information content (AvgIpc) is 2.45. The summed E-state index contributed by atoms with van der Waals surface area (Å²) in [6.07, 6.45) is 0. The highest BCUT2D eigenvalue weighted by molar-refractivity contribution is 5.88. The average molecular weight is 285 g/mol. The van der Waals surface area contributed by atoms with E-state index in [4.69, 9.17) is 0 Å². The molecule has 1 aromatic rings. The molecule has 0 saturated carbocycles. The fraction of sp³-hybridized carbons (Fsp3) is 0.455. The third-order valence-corrected chi connectivity index (χ3v) is 2.58. The van der Waals surface area contributed by atoms with Crippen LogP contribution in [0.2, 0.25) is 0 Å². The topological polar surface area (TPSA) is 135 Å². The van der Waals surface area contributed by atoms with Gasteiger partial charge in [-0.25, -0.2) is 9.78 Å². The maximum absolute atomic E-state index is 11.4. The SMILES string of the molecule is COC(=O)c1ccc([N+](=O)[O-])c(NC(C)(CO)CO)n1. The highest BCUT2D eigenvalue weighted by Crippen LogP contribution is 2.25. The van der Waals surface area contributed by atoms with E-state index < -0.39 is 29.6 Å². The fourth-order valence-electron chi connectivity index (χ4n) is 1.32. The first-order chi connectivity index (χ1) is 9.36. The molecule has 1 rings (SSSR count). The molecule has 9 nitrogen and oxygen atoms in total. The number of carbonyl (C=O) groups excluding carboxylic acids is 1. The lowest BCUT2D eigenvalue weighted by Crippen LogP contribution is -2.43. The second kappa shape index (κ2) is 6.26. The van der Waals surface area contributed by atoms with Gasteiger partial charge in [-0.3, -0.25) is 10.1 Å². The monoisotopic (exact) mass is 285 g/mol. The number of ether oxygens (including phenoxy) is 1. The zero-order valence-corrected chi connectivity index (χ0v) is 11.0. The van der Waals surface area contributed by atoms with Gasteiger partial charge in [-0.1, -0.05) is 0 Å². The standard InChI is InChI=1S/C11H15N3O6/c1-11(5-15,6-16)13-9-8(14(18)19)4-3-7(12-9)10(17)20-2/h3-4,15-16H,5-6H2,1-2H3,(H,12,13). The van der Waals surface area contributed by atoms with Crippen molar-refractivity contribution in [3.05, 3.63) is 27.9 Å². The zero-order valence-electron chi connectivity index (χ0n) is 11.0. The van der Waals surface area contributed by atoms with Crippen LogP contribution in [0.3, 0.4) is 0 Å². The number of aromatic nitrogens is 1. The third-order valence-electron chi connectivity index (χ3n) is 2.58. The van der Waals surface area contributed by atoms with Crippen molar-refractivity contribution < 1.29 is 24.7 Å². The van der Waals surface area contributed by atoms with Gasteiger partial charge in [-0.15, -0.1) is 0 Å². The molecular weight excluding hydrogens is 270 g/mol. The van der Waals surface area contributed by atoms with Gasteiger partial charge in [0.05, 0.1) is 30.8 Å². The van der Waals surface area contributed by atoms with Gasteiger partial charge >= 0.3 is 11.7 Å². The first kappa shape index (κ1) is 15.8. The summed E-state index contributed by atoms with van der Waals surface area (Å²) < 4.78 is 4.48. The van der Waals surface area contributed by atoms with Crippen LogP contribution in [-0.4, -0.2) is 52.0 Å². The minimum absolute atomic E-state index is 0.126. The van der Waals surface area contributed by atoms with Crippen LogP contribution in [0, 0.1) is 10.1 Å². The number of aliphatic hydroxyl groups is 2. The largest absolute Gasteiger partial charge is 0.464 e. The van der Waals surface area contributed by atoms with Crippen LogP contribution in [0.15, 0.2) is 12.1 Å². The Labute approximate surface area is 114 Å². The Morgan fingerprint density at radius 1 is 1.50 bits per heavy atom. The number of hydrogen-bond donors (Lipinski definition) is 3. The van der Waals surface area contributed by atoms with E-state index in [1.807, 2.05) is 0 Å². The van der Waals surface area contributed by atoms with Crippen LogP contribution in [0.25, 0.3) is 0 Å². The van der Waals surface area contributed by atoms with Crippen LogP contribution < -0.4 is 5.32 Å². The Morgan fingerprint density at radius 3 is 2.55 bits per heavy atom.